The molecule has 166 valence electrons. The van der Waals surface area contributed by atoms with Gasteiger partial charge in [0.25, 0.3) is 0 Å². The van der Waals surface area contributed by atoms with Crippen LogP contribution >= 0.6 is 0 Å². The highest BCUT2D eigenvalue weighted by molar-refractivity contribution is 5.31. The van der Waals surface area contributed by atoms with E-state index in [1.807, 2.05) is 0 Å². The van der Waals surface area contributed by atoms with Gasteiger partial charge in [-0.25, -0.2) is 4.39 Å². The lowest BCUT2D eigenvalue weighted by molar-refractivity contribution is -0.185. The summed E-state index contributed by atoms with van der Waals surface area (Å²) < 4.78 is 47.6. The molecule has 4 heteroatoms. The first-order chi connectivity index (χ1) is 14.8. The molecule has 0 amide bonds. The highest BCUT2D eigenvalue weighted by Crippen LogP contribution is 2.45. The number of aryl methyl sites for hydroxylation is 1. The molecule has 0 heterocycles. The summed E-state index contributed by atoms with van der Waals surface area (Å²) in [6.07, 6.45) is 6.16. The molecule has 4 rings (SSSR count). The van der Waals surface area contributed by atoms with E-state index < -0.39 is 11.9 Å². The molecule has 0 N–H and O–H groups in total. The zero-order valence-corrected chi connectivity index (χ0v) is 18.4. The Labute approximate surface area is 184 Å². The van der Waals surface area contributed by atoms with Gasteiger partial charge in [0, 0.05) is 6.07 Å². The third-order valence-corrected chi connectivity index (χ3v) is 7.15. The minimum absolute atomic E-state index is 0.178. The Bertz CT molecular complexity index is 861. The van der Waals surface area contributed by atoms with Crippen LogP contribution in [0.4, 0.5) is 13.2 Å². The Balaban J connectivity index is 1.35. The first kappa shape index (κ1) is 22.2. The van der Waals surface area contributed by atoms with E-state index in [2.05, 4.69) is 6.92 Å². The molecule has 2 aliphatic rings. The first-order valence-corrected chi connectivity index (χ1v) is 11.4. The highest BCUT2D eigenvalue weighted by Gasteiger charge is 2.35. The zero-order chi connectivity index (χ0) is 22.0. The minimum atomic E-state index is -3.51. The van der Waals surface area contributed by atoms with Gasteiger partial charge in [0.15, 0.2) is 0 Å². The topological polar surface area (TPSA) is 9.23 Å². The maximum absolute atomic E-state index is 14.6. The fourth-order valence-corrected chi connectivity index (χ4v) is 5.04. The predicted molar refractivity (Wildman–Crippen MR) is 117 cm³/mol. The third kappa shape index (κ3) is 5.27. The van der Waals surface area contributed by atoms with Crippen molar-refractivity contribution in [3.63, 3.8) is 0 Å². The highest BCUT2D eigenvalue weighted by atomic mass is 19.3. The summed E-state index contributed by atoms with van der Waals surface area (Å²) in [7, 11) is 0. The van der Waals surface area contributed by atoms with E-state index >= 15 is 0 Å². The second-order valence-electron chi connectivity index (χ2n) is 9.32. The molecule has 0 bridgehead atoms. The van der Waals surface area contributed by atoms with Crippen LogP contribution in [-0.4, -0.2) is 0 Å². The van der Waals surface area contributed by atoms with Gasteiger partial charge in [-0.15, -0.1) is 0 Å². The average Bonchev–Trinajstić information content (AvgIpc) is 2.77. The number of benzene rings is 2. The van der Waals surface area contributed by atoms with E-state index in [0.717, 1.165) is 43.2 Å². The monoisotopic (exact) mass is 428 g/mol. The van der Waals surface area contributed by atoms with Crippen molar-refractivity contribution in [1.82, 2.24) is 0 Å². The van der Waals surface area contributed by atoms with Gasteiger partial charge < -0.3 is 4.74 Å². The molecule has 2 aromatic carbocycles. The second-order valence-corrected chi connectivity index (χ2v) is 9.32. The van der Waals surface area contributed by atoms with Gasteiger partial charge in [-0.05, 0) is 111 Å². The predicted octanol–water partition coefficient (Wildman–Crippen LogP) is 8.28. The van der Waals surface area contributed by atoms with Crippen LogP contribution in [0.5, 0.6) is 5.75 Å². The number of hydrogen-bond acceptors (Lipinski definition) is 1. The second kappa shape index (κ2) is 9.26. The molecule has 31 heavy (non-hydrogen) atoms. The Kier molecular flexibility index (Phi) is 6.64. The molecular formula is C27H31F3O. The quantitative estimate of drug-likeness (QED) is 0.465. The van der Waals surface area contributed by atoms with Crippen LogP contribution < -0.4 is 4.74 Å². The van der Waals surface area contributed by atoms with Crippen molar-refractivity contribution in [3.05, 3.63) is 76.8 Å². The number of hydrogen-bond donors (Lipinski definition) is 0. The third-order valence-electron chi connectivity index (χ3n) is 7.15. The fourth-order valence-electron chi connectivity index (χ4n) is 5.04. The smallest absolute Gasteiger partial charge is 0.426 e. The summed E-state index contributed by atoms with van der Waals surface area (Å²) in [6.45, 7) is 3.85. The maximum Gasteiger partial charge on any atom is 0.426 e. The van der Waals surface area contributed by atoms with E-state index in [9.17, 15) is 13.2 Å². The number of halogens is 3. The molecular weight excluding hydrogens is 397 g/mol. The average molecular weight is 429 g/mol. The van der Waals surface area contributed by atoms with E-state index in [4.69, 9.17) is 4.74 Å². The molecule has 0 spiro atoms. The van der Waals surface area contributed by atoms with Crippen molar-refractivity contribution >= 4 is 0 Å². The first-order valence-electron chi connectivity index (χ1n) is 11.4. The van der Waals surface area contributed by atoms with Crippen molar-refractivity contribution in [2.45, 2.75) is 77.2 Å². The van der Waals surface area contributed by atoms with Crippen molar-refractivity contribution in [2.24, 2.45) is 5.92 Å². The molecule has 2 radical (unpaired) electrons. The van der Waals surface area contributed by atoms with Gasteiger partial charge >= 0.3 is 6.11 Å². The van der Waals surface area contributed by atoms with Crippen LogP contribution in [0.15, 0.2) is 42.5 Å². The fraction of sp³-hybridized carbons (Fsp3) is 0.481. The summed E-state index contributed by atoms with van der Waals surface area (Å²) in [5.41, 5.74) is 1.30. The van der Waals surface area contributed by atoms with Crippen LogP contribution in [0.2, 0.25) is 0 Å². The number of ether oxygens (including phenoxy) is 1. The normalized spacial score (nSPS) is 20.2. The molecule has 0 saturated heterocycles. The van der Waals surface area contributed by atoms with Crippen LogP contribution in [0.1, 0.15) is 80.9 Å². The van der Waals surface area contributed by atoms with Gasteiger partial charge in [0.1, 0.15) is 11.6 Å². The Morgan fingerprint density at radius 2 is 1.42 bits per heavy atom. The van der Waals surface area contributed by atoms with Crippen molar-refractivity contribution < 1.29 is 17.9 Å². The zero-order valence-electron chi connectivity index (χ0n) is 18.4. The maximum atomic E-state index is 14.6. The Hall–Kier alpha value is -1.97. The molecule has 2 aromatic rings. The van der Waals surface area contributed by atoms with Gasteiger partial charge in [0.2, 0.25) is 0 Å². The van der Waals surface area contributed by atoms with Crippen LogP contribution in [-0.2, 0) is 6.11 Å². The van der Waals surface area contributed by atoms with Crippen molar-refractivity contribution in [1.29, 1.82) is 0 Å². The molecule has 0 atom stereocenters. The molecule has 0 aliphatic heterocycles. The molecule has 2 fully saturated rings. The van der Waals surface area contributed by atoms with Gasteiger partial charge in [-0.1, -0.05) is 25.1 Å². The minimum Gasteiger partial charge on any atom is -0.429 e. The van der Waals surface area contributed by atoms with Crippen LogP contribution in [0.3, 0.4) is 0 Å². The lowest BCUT2D eigenvalue weighted by Crippen LogP contribution is -2.23. The Morgan fingerprint density at radius 1 is 0.806 bits per heavy atom. The molecule has 2 aliphatic carbocycles. The molecule has 1 nitrogen and oxygen atoms in total. The van der Waals surface area contributed by atoms with E-state index in [1.165, 1.54) is 49.9 Å². The van der Waals surface area contributed by atoms with Gasteiger partial charge in [-0.3, -0.25) is 0 Å². The lowest BCUT2D eigenvalue weighted by Gasteiger charge is -2.37. The lowest BCUT2D eigenvalue weighted by atomic mass is 9.68. The summed E-state index contributed by atoms with van der Waals surface area (Å²) in [5, 5.41) is 0. The molecule has 2 saturated carbocycles. The van der Waals surface area contributed by atoms with Crippen LogP contribution in [0, 0.1) is 30.5 Å². The largest absolute Gasteiger partial charge is 0.429 e. The van der Waals surface area contributed by atoms with Crippen molar-refractivity contribution in [3.8, 4) is 5.75 Å². The summed E-state index contributed by atoms with van der Waals surface area (Å²) in [6, 6.07) is 10.3. The standard InChI is InChI=1S/C27H31F3O/c1-18-3-6-20(7-4-18)21-8-10-22(11-9-21)23-12-14-24(15-13-23)27(29,30)31-25-16-5-19(2)26(28)17-25/h5,12-17,20,22H,3-4,6-11H2,1-2H3. The van der Waals surface area contributed by atoms with E-state index in [0.29, 0.717) is 11.5 Å². The molecule has 0 unspecified atom stereocenters. The van der Waals surface area contributed by atoms with Crippen LogP contribution in [0.25, 0.3) is 0 Å². The summed E-state index contributed by atoms with van der Waals surface area (Å²) in [5.74, 6) is 3.84. The summed E-state index contributed by atoms with van der Waals surface area (Å²) >= 11 is 0. The SMILES string of the molecule is C[C]1CCC([C]2CCC(c3ccc(C(F)(F)Oc4ccc(C)c(F)c4)cc3)CC2)CC1. The molecule has 0 aromatic heterocycles. The van der Waals surface area contributed by atoms with E-state index in [-0.39, 0.29) is 11.3 Å². The number of rotatable bonds is 5. The van der Waals surface area contributed by atoms with Gasteiger partial charge in [-0.2, -0.15) is 8.78 Å². The summed E-state index contributed by atoms with van der Waals surface area (Å²) in [4.78, 5) is 0. The van der Waals surface area contributed by atoms with Gasteiger partial charge in [0.05, 0.1) is 5.56 Å². The Morgan fingerprint density at radius 3 is 2.03 bits per heavy atom. The number of alkyl halides is 2. The van der Waals surface area contributed by atoms with Crippen molar-refractivity contribution in [2.75, 3.05) is 0 Å². The van der Waals surface area contributed by atoms with E-state index in [1.54, 1.807) is 30.9 Å².